The van der Waals surface area contributed by atoms with E-state index in [9.17, 15) is 14.7 Å². The molecule has 1 aromatic rings. The summed E-state index contributed by atoms with van der Waals surface area (Å²) in [7, 11) is 0. The second kappa shape index (κ2) is 6.51. The Morgan fingerprint density at radius 2 is 2.11 bits per heavy atom. The van der Waals surface area contributed by atoms with Gasteiger partial charge in [-0.15, -0.1) is 11.3 Å². The minimum atomic E-state index is -1.25. The largest absolute Gasteiger partial charge is 0.481 e. The maximum absolute atomic E-state index is 11.7. The Morgan fingerprint density at radius 3 is 2.53 bits per heavy atom. The number of nitrogen functional groups attached to an aromatic ring is 1. The Kier molecular flexibility index (Phi) is 5.29. The van der Waals surface area contributed by atoms with Gasteiger partial charge in [0.15, 0.2) is 5.13 Å². The van der Waals surface area contributed by atoms with Gasteiger partial charge >= 0.3 is 11.9 Å². The van der Waals surface area contributed by atoms with Crippen molar-refractivity contribution in [3.05, 3.63) is 11.1 Å². The van der Waals surface area contributed by atoms with Crippen molar-refractivity contribution in [2.75, 3.05) is 5.73 Å². The number of carbonyl (C=O) groups is 2. The number of rotatable bonds is 8. The number of carboxylic acids is 2. The smallest absolute Gasteiger partial charge is 0.315 e. The minimum Gasteiger partial charge on any atom is -0.481 e. The lowest BCUT2D eigenvalue weighted by Crippen LogP contribution is -2.37. The molecule has 0 spiro atoms. The molecule has 7 heteroatoms. The second-order valence-corrected chi connectivity index (χ2v) is 5.35. The topological polar surface area (TPSA) is 114 Å². The minimum absolute atomic E-state index is 0.0286. The van der Waals surface area contributed by atoms with Crippen molar-refractivity contribution in [2.45, 2.75) is 44.4 Å². The molecule has 0 saturated heterocycles. The number of hydrogen-bond donors (Lipinski definition) is 3. The van der Waals surface area contributed by atoms with Crippen molar-refractivity contribution >= 4 is 28.4 Å². The molecule has 4 N–H and O–H groups in total. The van der Waals surface area contributed by atoms with Crippen LogP contribution in [0, 0.1) is 0 Å². The highest BCUT2D eigenvalue weighted by Gasteiger charge is 2.42. The highest BCUT2D eigenvalue weighted by Crippen LogP contribution is 2.36. The van der Waals surface area contributed by atoms with E-state index in [0.717, 1.165) is 6.42 Å². The highest BCUT2D eigenvalue weighted by molar-refractivity contribution is 7.13. The summed E-state index contributed by atoms with van der Waals surface area (Å²) in [4.78, 5) is 26.5. The molecular formula is C12H18N2O4S. The zero-order valence-electron chi connectivity index (χ0n) is 10.8. The van der Waals surface area contributed by atoms with E-state index in [1.54, 1.807) is 5.38 Å². The number of hydrogen-bond acceptors (Lipinski definition) is 5. The predicted molar refractivity (Wildman–Crippen MR) is 72.2 cm³/mol. The zero-order valence-corrected chi connectivity index (χ0v) is 11.6. The Balaban J connectivity index is 3.10. The lowest BCUT2D eigenvalue weighted by Gasteiger charge is -2.27. The van der Waals surface area contributed by atoms with Gasteiger partial charge < -0.3 is 15.9 Å². The first-order chi connectivity index (χ1) is 8.92. The summed E-state index contributed by atoms with van der Waals surface area (Å²) in [5, 5.41) is 20.3. The van der Waals surface area contributed by atoms with Crippen molar-refractivity contribution < 1.29 is 19.8 Å². The molecule has 0 aliphatic carbocycles. The fraction of sp³-hybridized carbons (Fsp3) is 0.583. The first-order valence-corrected chi connectivity index (χ1v) is 6.97. The van der Waals surface area contributed by atoms with Crippen LogP contribution in [0.25, 0.3) is 0 Å². The molecule has 0 bridgehead atoms. The Morgan fingerprint density at radius 1 is 1.42 bits per heavy atom. The van der Waals surface area contributed by atoms with Gasteiger partial charge in [0.2, 0.25) is 0 Å². The normalized spacial score (nSPS) is 13.9. The number of nitrogens with zero attached hydrogens (tertiary/aromatic N) is 1. The summed E-state index contributed by atoms with van der Waals surface area (Å²) in [6, 6.07) is 0. The molecule has 0 aromatic carbocycles. The third-order valence-corrected chi connectivity index (χ3v) is 3.82. The zero-order chi connectivity index (χ0) is 14.5. The van der Waals surface area contributed by atoms with Gasteiger partial charge in [0, 0.05) is 11.8 Å². The molecule has 1 aromatic heterocycles. The molecule has 0 amide bonds. The average Bonchev–Trinajstić information content (AvgIpc) is 2.76. The molecule has 0 aliphatic heterocycles. The van der Waals surface area contributed by atoms with Crippen LogP contribution in [0.15, 0.2) is 5.38 Å². The summed E-state index contributed by atoms with van der Waals surface area (Å²) >= 11 is 1.17. The van der Waals surface area contributed by atoms with Crippen LogP contribution < -0.4 is 5.73 Å². The summed E-state index contributed by atoms with van der Waals surface area (Å²) in [5.74, 6) is -2.04. The average molecular weight is 286 g/mol. The van der Waals surface area contributed by atoms with Crippen molar-refractivity contribution in [1.29, 1.82) is 0 Å². The molecule has 0 radical (unpaired) electrons. The Labute approximate surface area is 115 Å². The van der Waals surface area contributed by atoms with E-state index in [1.165, 1.54) is 11.3 Å². The monoisotopic (exact) mass is 286 g/mol. The number of carboxylic acid groups (broad SMARTS) is 2. The number of unbranched alkanes of at least 4 members (excludes halogenated alkanes) is 1. The van der Waals surface area contributed by atoms with Gasteiger partial charge in [-0.2, -0.15) is 0 Å². The fourth-order valence-electron chi connectivity index (χ4n) is 2.01. The van der Waals surface area contributed by atoms with E-state index in [-0.39, 0.29) is 12.8 Å². The summed E-state index contributed by atoms with van der Waals surface area (Å²) < 4.78 is 0. The van der Waals surface area contributed by atoms with Crippen LogP contribution >= 0.6 is 11.3 Å². The van der Waals surface area contributed by atoms with Crippen LogP contribution in [-0.4, -0.2) is 27.1 Å². The second-order valence-electron chi connectivity index (χ2n) is 4.46. The molecule has 0 aliphatic rings. The van der Waals surface area contributed by atoms with Crippen LogP contribution in [0.1, 0.15) is 44.7 Å². The van der Waals surface area contributed by atoms with Crippen LogP contribution in [0.4, 0.5) is 5.13 Å². The van der Waals surface area contributed by atoms with Crippen LogP contribution in [0.2, 0.25) is 0 Å². The maximum atomic E-state index is 11.7. The molecule has 19 heavy (non-hydrogen) atoms. The standard InChI is InChI=1S/C12H18N2O4S/c1-2-3-5-12(10(17)18,6-4-9(15)16)8-7-19-11(13)14-8/h7H,2-6H2,1H3,(H2,13,14)(H,15,16)(H,17,18)/t12-/m1/s1. The van der Waals surface area contributed by atoms with Crippen LogP contribution in [-0.2, 0) is 15.0 Å². The molecule has 106 valence electrons. The van der Waals surface area contributed by atoms with E-state index in [0.29, 0.717) is 23.7 Å². The highest BCUT2D eigenvalue weighted by atomic mass is 32.1. The lowest BCUT2D eigenvalue weighted by molar-refractivity contribution is -0.145. The van der Waals surface area contributed by atoms with Gasteiger partial charge in [-0.3, -0.25) is 9.59 Å². The maximum Gasteiger partial charge on any atom is 0.315 e. The predicted octanol–water partition coefficient (Wildman–Crippen LogP) is 2.10. The lowest BCUT2D eigenvalue weighted by atomic mass is 9.76. The number of nitrogens with two attached hydrogens (primary N) is 1. The van der Waals surface area contributed by atoms with Gasteiger partial charge in [0.05, 0.1) is 5.69 Å². The van der Waals surface area contributed by atoms with Crippen molar-refractivity contribution in [2.24, 2.45) is 0 Å². The molecule has 1 atom stereocenters. The molecular weight excluding hydrogens is 268 g/mol. The SMILES string of the molecule is CCCC[C@](CCC(=O)O)(C(=O)O)c1csc(N)n1. The number of aliphatic carboxylic acids is 2. The molecule has 0 unspecified atom stereocenters. The van der Waals surface area contributed by atoms with Gasteiger partial charge in [0.25, 0.3) is 0 Å². The van der Waals surface area contributed by atoms with Crippen LogP contribution in [0.3, 0.4) is 0 Å². The van der Waals surface area contributed by atoms with E-state index in [2.05, 4.69) is 4.98 Å². The third-order valence-electron chi connectivity index (χ3n) is 3.14. The summed E-state index contributed by atoms with van der Waals surface area (Å²) in [6.07, 6.45) is 1.73. The Bertz CT molecular complexity index is 460. The van der Waals surface area contributed by atoms with Crippen molar-refractivity contribution in [1.82, 2.24) is 4.98 Å². The van der Waals surface area contributed by atoms with E-state index >= 15 is 0 Å². The molecule has 1 heterocycles. The third kappa shape index (κ3) is 3.66. The van der Waals surface area contributed by atoms with E-state index in [4.69, 9.17) is 10.8 Å². The van der Waals surface area contributed by atoms with Crippen molar-refractivity contribution in [3.63, 3.8) is 0 Å². The molecule has 6 nitrogen and oxygen atoms in total. The number of anilines is 1. The summed E-state index contributed by atoms with van der Waals surface area (Å²) in [6.45, 7) is 1.96. The summed E-state index contributed by atoms with van der Waals surface area (Å²) in [5.41, 5.74) is 4.68. The Hall–Kier alpha value is -1.63. The molecule has 0 saturated carbocycles. The quantitative estimate of drug-likeness (QED) is 0.674. The fourth-order valence-corrected chi connectivity index (χ4v) is 2.67. The number of aromatic nitrogens is 1. The molecule has 1 rings (SSSR count). The van der Waals surface area contributed by atoms with E-state index in [1.807, 2.05) is 6.92 Å². The van der Waals surface area contributed by atoms with Gasteiger partial charge in [-0.25, -0.2) is 4.98 Å². The van der Waals surface area contributed by atoms with Gasteiger partial charge in [-0.05, 0) is 12.8 Å². The first-order valence-electron chi connectivity index (χ1n) is 6.09. The van der Waals surface area contributed by atoms with Gasteiger partial charge in [-0.1, -0.05) is 19.8 Å². The van der Waals surface area contributed by atoms with Crippen molar-refractivity contribution in [3.8, 4) is 0 Å². The van der Waals surface area contributed by atoms with E-state index < -0.39 is 17.4 Å². The number of thiazole rings is 1. The molecule has 0 fully saturated rings. The van der Waals surface area contributed by atoms with Crippen LogP contribution in [0.5, 0.6) is 0 Å². The first kappa shape index (κ1) is 15.4. The van der Waals surface area contributed by atoms with Gasteiger partial charge in [0.1, 0.15) is 5.41 Å².